The van der Waals surface area contributed by atoms with Gasteiger partial charge in [-0.3, -0.25) is 23.9 Å². The van der Waals surface area contributed by atoms with Crippen LogP contribution in [0, 0.1) is 5.92 Å². The van der Waals surface area contributed by atoms with E-state index in [2.05, 4.69) is 4.98 Å². The number of nitrogen functional groups attached to an aromatic ring is 1. The quantitative estimate of drug-likeness (QED) is 0.346. The van der Waals surface area contributed by atoms with E-state index in [1.54, 1.807) is 0 Å². The fourth-order valence-corrected chi connectivity index (χ4v) is 4.40. The Morgan fingerprint density at radius 1 is 1.17 bits per heavy atom. The molecule has 1 aromatic heterocycles. The Balaban J connectivity index is 1.78. The van der Waals surface area contributed by atoms with Gasteiger partial charge in [0, 0.05) is 26.7 Å². The lowest BCUT2D eigenvalue weighted by atomic mass is 10.0. The monoisotopic (exact) mass is 486 g/mol. The molecule has 1 saturated carbocycles. The van der Waals surface area contributed by atoms with Gasteiger partial charge in [0.15, 0.2) is 12.3 Å². The highest BCUT2D eigenvalue weighted by Crippen LogP contribution is 2.28. The molecule has 1 aromatic carbocycles. The first-order valence-corrected chi connectivity index (χ1v) is 12.0. The van der Waals surface area contributed by atoms with Gasteiger partial charge < -0.3 is 20.1 Å². The summed E-state index contributed by atoms with van der Waals surface area (Å²) >= 11 is 0. The molecule has 0 radical (unpaired) electrons. The molecule has 1 heterocycles. The van der Waals surface area contributed by atoms with Gasteiger partial charge in [0.25, 0.3) is 11.5 Å². The minimum atomic E-state index is -0.782. The fourth-order valence-electron chi connectivity index (χ4n) is 4.40. The van der Waals surface area contributed by atoms with Gasteiger partial charge in [-0.05, 0) is 24.3 Å². The van der Waals surface area contributed by atoms with Gasteiger partial charge in [-0.2, -0.15) is 0 Å². The molecule has 3 N–H and O–H groups in total. The van der Waals surface area contributed by atoms with Crippen molar-refractivity contribution in [3.8, 4) is 0 Å². The van der Waals surface area contributed by atoms with E-state index in [1.165, 1.54) is 29.4 Å². The zero-order chi connectivity index (χ0) is 25.2. The van der Waals surface area contributed by atoms with Crippen molar-refractivity contribution in [2.75, 3.05) is 37.5 Å². The smallest absolute Gasteiger partial charge is 0.330 e. The van der Waals surface area contributed by atoms with E-state index >= 15 is 0 Å². The zero-order valence-electron chi connectivity index (χ0n) is 20.2. The zero-order valence-corrected chi connectivity index (χ0v) is 20.2. The van der Waals surface area contributed by atoms with Gasteiger partial charge in [0.05, 0.1) is 6.54 Å². The van der Waals surface area contributed by atoms with E-state index < -0.39 is 29.7 Å². The lowest BCUT2D eigenvalue weighted by Crippen LogP contribution is -2.43. The number of carbonyl (C=O) groups excluding carboxylic acids is 2. The summed E-state index contributed by atoms with van der Waals surface area (Å²) in [5.74, 6) is -0.649. The number of carbonyl (C=O) groups is 2. The molecule has 0 aliphatic heterocycles. The maximum atomic E-state index is 13.1. The molecular weight excluding hydrogens is 452 g/mol. The molecule has 10 heteroatoms. The molecule has 0 spiro atoms. The summed E-state index contributed by atoms with van der Waals surface area (Å²) in [6.45, 7) is 0.0360. The van der Waals surface area contributed by atoms with Crippen molar-refractivity contribution in [3.63, 3.8) is 0 Å². The van der Waals surface area contributed by atoms with Gasteiger partial charge in [-0.25, -0.2) is 4.79 Å². The molecule has 0 saturated heterocycles. The lowest BCUT2D eigenvalue weighted by molar-refractivity contribution is -0.148. The van der Waals surface area contributed by atoms with Gasteiger partial charge in [-0.15, -0.1) is 0 Å². The van der Waals surface area contributed by atoms with Gasteiger partial charge in [-0.1, -0.05) is 56.0 Å². The number of hydrogen-bond donors (Lipinski definition) is 2. The van der Waals surface area contributed by atoms with Crippen LogP contribution in [0.1, 0.15) is 50.5 Å². The summed E-state index contributed by atoms with van der Waals surface area (Å²) in [6, 6.07) is 9.14. The number of hydrogen-bond acceptors (Lipinski definition) is 7. The Morgan fingerprint density at radius 3 is 2.57 bits per heavy atom. The molecule has 1 fully saturated rings. The highest BCUT2D eigenvalue weighted by molar-refractivity contribution is 5.97. The van der Waals surface area contributed by atoms with Crippen molar-refractivity contribution in [3.05, 3.63) is 56.7 Å². The fraction of sp³-hybridized carbons (Fsp3) is 0.520. The lowest BCUT2D eigenvalue weighted by Gasteiger charge is -2.24. The molecule has 1 aliphatic carbocycles. The Morgan fingerprint density at radius 2 is 1.89 bits per heavy atom. The third-order valence-electron chi connectivity index (χ3n) is 6.29. The van der Waals surface area contributed by atoms with Crippen molar-refractivity contribution in [1.29, 1.82) is 0 Å². The third kappa shape index (κ3) is 7.29. The molecule has 1 amide bonds. The molecule has 0 bridgehead atoms. The van der Waals surface area contributed by atoms with Crippen LogP contribution in [-0.4, -0.2) is 48.3 Å². The number of amides is 1. The predicted molar refractivity (Wildman–Crippen MR) is 132 cm³/mol. The highest BCUT2D eigenvalue weighted by atomic mass is 16.5. The number of methoxy groups -OCH3 is 1. The van der Waals surface area contributed by atoms with E-state index in [0.29, 0.717) is 18.9 Å². The topological polar surface area (TPSA) is 137 Å². The number of benzene rings is 1. The van der Waals surface area contributed by atoms with Crippen LogP contribution < -0.4 is 21.9 Å². The second-order valence-corrected chi connectivity index (χ2v) is 8.81. The maximum absolute atomic E-state index is 13.1. The van der Waals surface area contributed by atoms with Crippen LogP contribution >= 0.6 is 0 Å². The van der Waals surface area contributed by atoms with E-state index in [1.807, 2.05) is 30.3 Å². The van der Waals surface area contributed by atoms with Crippen LogP contribution in [0.4, 0.5) is 11.5 Å². The summed E-state index contributed by atoms with van der Waals surface area (Å²) in [4.78, 5) is 53.9. The van der Waals surface area contributed by atoms with Crippen LogP contribution in [0.5, 0.6) is 0 Å². The average Bonchev–Trinajstić information content (AvgIpc) is 3.37. The van der Waals surface area contributed by atoms with E-state index in [0.717, 1.165) is 24.8 Å². The summed E-state index contributed by atoms with van der Waals surface area (Å²) < 4.78 is 11.5. The second-order valence-electron chi connectivity index (χ2n) is 8.81. The van der Waals surface area contributed by atoms with Gasteiger partial charge in [0.1, 0.15) is 5.82 Å². The first-order valence-electron chi connectivity index (χ1n) is 12.0. The third-order valence-corrected chi connectivity index (χ3v) is 6.29. The molecule has 10 nitrogen and oxygen atoms in total. The SMILES string of the molecule is COCCCN(C(=O)COC(=O)CCC1CCCC1)c1c(N)n(Cc2ccccc2)c(=O)[nH]c1=O. The Hall–Kier alpha value is -3.40. The van der Waals surface area contributed by atoms with Crippen molar-refractivity contribution in [2.24, 2.45) is 5.92 Å². The molecule has 2 aromatic rings. The van der Waals surface area contributed by atoms with E-state index in [4.69, 9.17) is 15.2 Å². The number of rotatable bonds is 12. The van der Waals surface area contributed by atoms with Crippen LogP contribution in [0.2, 0.25) is 0 Å². The molecule has 3 rings (SSSR count). The summed E-state index contributed by atoms with van der Waals surface area (Å²) in [7, 11) is 1.53. The second kappa shape index (κ2) is 12.9. The van der Waals surface area contributed by atoms with Crippen molar-refractivity contribution >= 4 is 23.4 Å². The average molecular weight is 487 g/mol. The number of nitrogens with one attached hydrogen (secondary N) is 1. The first kappa shape index (κ1) is 26.2. The normalized spacial score (nSPS) is 13.6. The Labute approximate surface area is 204 Å². The van der Waals surface area contributed by atoms with Crippen LogP contribution in [0.15, 0.2) is 39.9 Å². The summed E-state index contributed by atoms with van der Waals surface area (Å²) in [6.07, 6.45) is 6.05. The van der Waals surface area contributed by atoms with Crippen LogP contribution in [-0.2, 0) is 25.6 Å². The van der Waals surface area contributed by atoms with Crippen molar-refractivity contribution in [2.45, 2.75) is 51.5 Å². The van der Waals surface area contributed by atoms with E-state index in [-0.39, 0.29) is 31.0 Å². The van der Waals surface area contributed by atoms with Gasteiger partial charge >= 0.3 is 11.7 Å². The van der Waals surface area contributed by atoms with Crippen molar-refractivity contribution < 1.29 is 19.1 Å². The number of ether oxygens (including phenoxy) is 2. The largest absolute Gasteiger partial charge is 0.456 e. The number of anilines is 2. The Bertz CT molecular complexity index is 1110. The number of nitrogens with zero attached hydrogens (tertiary/aromatic N) is 2. The first-order chi connectivity index (χ1) is 16.9. The number of aromatic amines is 1. The number of nitrogens with two attached hydrogens (primary N) is 1. The van der Waals surface area contributed by atoms with Gasteiger partial charge in [0.2, 0.25) is 0 Å². The predicted octanol–water partition coefficient (Wildman–Crippen LogP) is 2.05. The van der Waals surface area contributed by atoms with Crippen LogP contribution in [0.25, 0.3) is 0 Å². The van der Waals surface area contributed by atoms with Crippen molar-refractivity contribution in [1.82, 2.24) is 9.55 Å². The molecular formula is C25H34N4O6. The number of aromatic nitrogens is 2. The number of H-pyrrole nitrogens is 1. The Kier molecular flexibility index (Phi) is 9.66. The molecule has 0 unspecified atom stereocenters. The molecule has 35 heavy (non-hydrogen) atoms. The summed E-state index contributed by atoms with van der Waals surface area (Å²) in [5.41, 5.74) is 5.45. The van der Waals surface area contributed by atoms with Crippen LogP contribution in [0.3, 0.4) is 0 Å². The molecule has 0 atom stereocenters. The minimum Gasteiger partial charge on any atom is -0.456 e. The number of esters is 1. The minimum absolute atomic E-state index is 0.100. The maximum Gasteiger partial charge on any atom is 0.330 e. The standard InChI is InChI=1S/C25H34N4O6/c1-34-15-7-14-28(20(30)17-35-21(31)13-12-18-8-5-6-9-18)22-23(26)29(25(33)27-24(22)32)16-19-10-3-2-4-11-19/h2-4,10-11,18H,5-9,12-17,26H2,1H3,(H,27,32,33). The highest BCUT2D eigenvalue weighted by Gasteiger charge is 2.25. The summed E-state index contributed by atoms with van der Waals surface area (Å²) in [5, 5.41) is 0. The molecule has 1 aliphatic rings. The van der Waals surface area contributed by atoms with E-state index in [9.17, 15) is 19.2 Å². The molecule has 190 valence electrons.